The zero-order valence-electron chi connectivity index (χ0n) is 11.8. The van der Waals surface area contributed by atoms with Gasteiger partial charge in [-0.3, -0.25) is 9.59 Å². The van der Waals surface area contributed by atoms with Gasteiger partial charge < -0.3 is 10.4 Å². The Morgan fingerprint density at radius 1 is 1.18 bits per heavy atom. The maximum Gasteiger partial charge on any atom is 0.309 e. The second kappa shape index (κ2) is 5.52. The van der Waals surface area contributed by atoms with Crippen LogP contribution in [0.4, 0.5) is 0 Å². The van der Waals surface area contributed by atoms with Crippen LogP contribution in [0.5, 0.6) is 0 Å². The van der Waals surface area contributed by atoms with Crippen molar-refractivity contribution >= 4 is 11.9 Å². The highest BCUT2D eigenvalue weighted by molar-refractivity contribution is 5.82. The molecule has 0 aliphatic carbocycles. The zero-order chi connectivity index (χ0) is 13.9. The van der Waals surface area contributed by atoms with Crippen molar-refractivity contribution < 1.29 is 14.7 Å². The Hall–Kier alpha value is -1.06. The van der Waals surface area contributed by atoms with E-state index in [0.717, 1.165) is 6.42 Å². The molecule has 4 heteroatoms. The lowest BCUT2D eigenvalue weighted by atomic mass is 9.85. The molecule has 0 aliphatic rings. The highest BCUT2D eigenvalue weighted by Crippen LogP contribution is 2.24. The van der Waals surface area contributed by atoms with Crippen LogP contribution < -0.4 is 5.32 Å². The minimum Gasteiger partial charge on any atom is -0.481 e. The Morgan fingerprint density at radius 3 is 2.00 bits per heavy atom. The third-order valence-corrected chi connectivity index (χ3v) is 3.27. The summed E-state index contributed by atoms with van der Waals surface area (Å²) < 4.78 is 0. The number of rotatable bonds is 6. The van der Waals surface area contributed by atoms with Gasteiger partial charge in [0.05, 0.1) is 5.41 Å². The summed E-state index contributed by atoms with van der Waals surface area (Å²) in [6.45, 7) is 10.9. The lowest BCUT2D eigenvalue weighted by molar-refractivity contribution is -0.148. The molecule has 0 rings (SSSR count). The average Bonchev–Trinajstić information content (AvgIpc) is 2.16. The first-order chi connectivity index (χ1) is 7.53. The van der Waals surface area contributed by atoms with Gasteiger partial charge in [-0.2, -0.15) is 0 Å². The molecule has 0 radical (unpaired) electrons. The smallest absolute Gasteiger partial charge is 0.309 e. The molecular weight excluding hydrogens is 218 g/mol. The first-order valence-electron chi connectivity index (χ1n) is 6.07. The van der Waals surface area contributed by atoms with Crippen LogP contribution in [0.15, 0.2) is 0 Å². The normalized spacial score (nSPS) is 14.2. The first kappa shape index (κ1) is 15.9. The fourth-order valence-corrected chi connectivity index (χ4v) is 1.48. The molecule has 0 aromatic rings. The molecule has 0 aliphatic heterocycles. The fourth-order valence-electron chi connectivity index (χ4n) is 1.48. The van der Waals surface area contributed by atoms with Crippen LogP contribution in [0.25, 0.3) is 0 Å². The third kappa shape index (κ3) is 4.75. The summed E-state index contributed by atoms with van der Waals surface area (Å²) in [6.07, 6.45) is 1.18. The van der Waals surface area contributed by atoms with E-state index in [2.05, 4.69) is 5.32 Å². The van der Waals surface area contributed by atoms with Gasteiger partial charge in [0.25, 0.3) is 0 Å². The number of carbonyl (C=O) groups excluding carboxylic acids is 1. The van der Waals surface area contributed by atoms with E-state index >= 15 is 0 Å². The fraction of sp³-hybridized carbons (Fsp3) is 0.846. The topological polar surface area (TPSA) is 66.4 Å². The molecule has 0 aromatic carbocycles. The summed E-state index contributed by atoms with van der Waals surface area (Å²) in [5.41, 5.74) is -1.22. The summed E-state index contributed by atoms with van der Waals surface area (Å²) in [4.78, 5) is 22.9. The average molecular weight is 243 g/mol. The predicted molar refractivity (Wildman–Crippen MR) is 67.7 cm³/mol. The predicted octanol–water partition coefficient (Wildman–Crippen LogP) is 2.43. The Bertz CT molecular complexity index is 295. The summed E-state index contributed by atoms with van der Waals surface area (Å²) in [7, 11) is 0. The Labute approximate surface area is 104 Å². The third-order valence-electron chi connectivity index (χ3n) is 3.27. The molecule has 0 bridgehead atoms. The van der Waals surface area contributed by atoms with E-state index in [1.807, 2.05) is 27.7 Å². The number of nitrogens with one attached hydrogen (secondary N) is 1. The summed E-state index contributed by atoms with van der Waals surface area (Å²) in [5, 5.41) is 11.9. The van der Waals surface area contributed by atoms with Crippen molar-refractivity contribution in [3.8, 4) is 0 Å². The highest BCUT2D eigenvalue weighted by atomic mass is 16.4. The summed E-state index contributed by atoms with van der Waals surface area (Å²) in [5.74, 6) is -0.859. The van der Waals surface area contributed by atoms with Gasteiger partial charge in [-0.1, -0.05) is 20.8 Å². The number of hydrogen-bond donors (Lipinski definition) is 2. The van der Waals surface area contributed by atoms with Gasteiger partial charge in [0, 0.05) is 11.5 Å². The number of aliphatic carboxylic acids is 1. The molecule has 17 heavy (non-hydrogen) atoms. The molecule has 1 unspecified atom stereocenters. The quantitative estimate of drug-likeness (QED) is 0.753. The Morgan fingerprint density at radius 2 is 1.65 bits per heavy atom. The van der Waals surface area contributed by atoms with Crippen LogP contribution in [0.3, 0.4) is 0 Å². The maximum absolute atomic E-state index is 11.9. The van der Waals surface area contributed by atoms with Crippen LogP contribution in [-0.4, -0.2) is 23.0 Å². The first-order valence-corrected chi connectivity index (χ1v) is 6.07. The molecule has 0 heterocycles. The molecule has 0 fully saturated rings. The van der Waals surface area contributed by atoms with E-state index in [-0.39, 0.29) is 11.9 Å². The van der Waals surface area contributed by atoms with Crippen molar-refractivity contribution in [2.75, 3.05) is 0 Å². The molecule has 100 valence electrons. The van der Waals surface area contributed by atoms with Crippen LogP contribution >= 0.6 is 0 Å². The van der Waals surface area contributed by atoms with E-state index in [1.54, 1.807) is 13.8 Å². The van der Waals surface area contributed by atoms with Crippen molar-refractivity contribution in [2.45, 2.75) is 60.4 Å². The number of carboxylic acids is 1. The molecule has 0 spiro atoms. The summed E-state index contributed by atoms with van der Waals surface area (Å²) >= 11 is 0. The van der Waals surface area contributed by atoms with E-state index in [0.29, 0.717) is 6.42 Å². The van der Waals surface area contributed by atoms with E-state index in [1.165, 1.54) is 0 Å². The van der Waals surface area contributed by atoms with Crippen LogP contribution in [0.2, 0.25) is 0 Å². The SMILES string of the molecule is CCC(C)(C)C(=O)NC(C)CC(C)(C)C(=O)O. The number of carboxylic acid groups (broad SMARTS) is 1. The molecular formula is C13H25NO3. The second-order valence-corrected chi connectivity index (χ2v) is 6.01. The van der Waals surface area contributed by atoms with Crippen molar-refractivity contribution in [3.63, 3.8) is 0 Å². The lowest BCUT2D eigenvalue weighted by Crippen LogP contribution is -2.44. The van der Waals surface area contributed by atoms with Gasteiger partial charge in [0.1, 0.15) is 0 Å². The molecule has 0 saturated carbocycles. The van der Waals surface area contributed by atoms with Crippen molar-refractivity contribution in [1.29, 1.82) is 0 Å². The van der Waals surface area contributed by atoms with E-state index in [9.17, 15) is 9.59 Å². The van der Waals surface area contributed by atoms with Crippen molar-refractivity contribution in [3.05, 3.63) is 0 Å². The molecule has 0 aromatic heterocycles. The van der Waals surface area contributed by atoms with Gasteiger partial charge in [-0.05, 0) is 33.6 Å². The minimum atomic E-state index is -0.839. The highest BCUT2D eigenvalue weighted by Gasteiger charge is 2.32. The minimum absolute atomic E-state index is 0.0197. The largest absolute Gasteiger partial charge is 0.481 e. The summed E-state index contributed by atoms with van der Waals surface area (Å²) in [6, 6.07) is -0.139. The molecule has 2 N–H and O–H groups in total. The number of carbonyl (C=O) groups is 2. The van der Waals surface area contributed by atoms with Crippen molar-refractivity contribution in [2.24, 2.45) is 10.8 Å². The van der Waals surface area contributed by atoms with Gasteiger partial charge in [0.2, 0.25) is 5.91 Å². The standard InChI is InChI=1S/C13H25NO3/c1-7-12(3,4)10(15)14-9(2)8-13(5,6)11(16)17/h9H,7-8H2,1-6H3,(H,14,15)(H,16,17). The van der Waals surface area contributed by atoms with Gasteiger partial charge in [-0.15, -0.1) is 0 Å². The second-order valence-electron chi connectivity index (χ2n) is 6.01. The lowest BCUT2D eigenvalue weighted by Gasteiger charge is -2.28. The maximum atomic E-state index is 11.9. The Balaban J connectivity index is 4.43. The zero-order valence-corrected chi connectivity index (χ0v) is 11.8. The molecule has 1 atom stereocenters. The van der Waals surface area contributed by atoms with E-state index in [4.69, 9.17) is 5.11 Å². The van der Waals surface area contributed by atoms with Gasteiger partial charge in [0.15, 0.2) is 0 Å². The van der Waals surface area contributed by atoms with Crippen LogP contribution in [0, 0.1) is 10.8 Å². The monoisotopic (exact) mass is 243 g/mol. The van der Waals surface area contributed by atoms with Crippen molar-refractivity contribution in [1.82, 2.24) is 5.32 Å². The van der Waals surface area contributed by atoms with Gasteiger partial charge in [-0.25, -0.2) is 0 Å². The molecule has 0 saturated heterocycles. The Kier molecular flexibility index (Phi) is 5.17. The van der Waals surface area contributed by atoms with Crippen LogP contribution in [-0.2, 0) is 9.59 Å². The number of hydrogen-bond acceptors (Lipinski definition) is 2. The number of amides is 1. The van der Waals surface area contributed by atoms with E-state index < -0.39 is 16.8 Å². The van der Waals surface area contributed by atoms with Crippen LogP contribution in [0.1, 0.15) is 54.4 Å². The van der Waals surface area contributed by atoms with Gasteiger partial charge >= 0.3 is 5.97 Å². The molecule has 1 amide bonds. The molecule has 4 nitrogen and oxygen atoms in total.